The van der Waals surface area contributed by atoms with Crippen LogP contribution in [0.2, 0.25) is 0 Å². The Morgan fingerprint density at radius 1 is 0.848 bits per heavy atom. The van der Waals surface area contributed by atoms with Crippen LogP contribution in [0, 0.1) is 0 Å². The molecule has 0 bridgehead atoms. The summed E-state index contributed by atoms with van der Waals surface area (Å²) in [6.07, 6.45) is 5.59. The molecule has 0 aromatic heterocycles. The first-order valence-electron chi connectivity index (χ1n) is 12.4. The zero-order valence-electron chi connectivity index (χ0n) is 20.9. The normalized spacial score (nSPS) is 13.9. The van der Waals surface area contributed by atoms with E-state index in [9.17, 15) is 19.8 Å². The summed E-state index contributed by atoms with van der Waals surface area (Å²) in [5, 5.41) is 21.1. The summed E-state index contributed by atoms with van der Waals surface area (Å²) in [5.74, 6) is -2.25. The highest BCUT2D eigenvalue weighted by atomic mass is 16.4. The second-order valence-corrected chi connectivity index (χ2v) is 10.0. The smallest absolute Gasteiger partial charge is 0.330 e. The SMILES string of the molecule is CCCCc1cc2c(c(CCCC)c1C(C)C)C(C(=O)O)(C(=O)O)c1cc(C(C)C)ccc1-2. The zero-order chi connectivity index (χ0) is 24.5. The summed E-state index contributed by atoms with van der Waals surface area (Å²) >= 11 is 0. The maximum Gasteiger partial charge on any atom is 0.330 e. The molecule has 4 nitrogen and oxygen atoms in total. The van der Waals surface area contributed by atoms with E-state index in [2.05, 4.69) is 33.8 Å². The molecule has 178 valence electrons. The predicted octanol–water partition coefficient (Wildman–Crippen LogP) is 7.05. The zero-order valence-corrected chi connectivity index (χ0v) is 20.9. The Morgan fingerprint density at radius 3 is 1.97 bits per heavy atom. The van der Waals surface area contributed by atoms with E-state index in [1.54, 1.807) is 0 Å². The molecule has 0 aliphatic heterocycles. The Balaban J connectivity index is 2.51. The Labute approximate surface area is 198 Å². The molecule has 0 radical (unpaired) electrons. The highest BCUT2D eigenvalue weighted by Crippen LogP contribution is 2.54. The quantitative estimate of drug-likeness (QED) is 0.380. The maximum atomic E-state index is 13.0. The average Bonchev–Trinajstić information content (AvgIpc) is 3.06. The van der Waals surface area contributed by atoms with E-state index in [1.165, 1.54) is 5.56 Å². The lowest BCUT2D eigenvalue weighted by Crippen LogP contribution is -2.44. The minimum Gasteiger partial charge on any atom is -0.480 e. The molecule has 2 N–H and O–H groups in total. The molecule has 1 aliphatic rings. The molecular formula is C29H38O4. The minimum atomic E-state index is -2.08. The Hall–Kier alpha value is -2.62. The van der Waals surface area contributed by atoms with Crippen molar-refractivity contribution in [3.05, 3.63) is 57.6 Å². The molecule has 0 spiro atoms. The van der Waals surface area contributed by atoms with Gasteiger partial charge in [0.2, 0.25) is 5.41 Å². The number of hydrogen-bond acceptors (Lipinski definition) is 2. The van der Waals surface area contributed by atoms with Crippen LogP contribution in [0.4, 0.5) is 0 Å². The number of carbonyl (C=O) groups is 2. The van der Waals surface area contributed by atoms with Crippen LogP contribution in [0.3, 0.4) is 0 Å². The summed E-state index contributed by atoms with van der Waals surface area (Å²) in [6, 6.07) is 7.89. The van der Waals surface area contributed by atoms with Crippen molar-refractivity contribution in [2.75, 3.05) is 0 Å². The van der Waals surface area contributed by atoms with Gasteiger partial charge in [-0.1, -0.05) is 78.6 Å². The van der Waals surface area contributed by atoms with Crippen LogP contribution in [-0.4, -0.2) is 22.2 Å². The molecule has 3 rings (SSSR count). The standard InChI is InChI=1S/C29H38O4/c1-7-9-11-20-15-23-21-14-13-19(17(3)4)16-24(21)29(27(30)31,28(32)33)26(23)22(12-10-8-2)25(20)18(5)6/h13-18H,7-12H2,1-6H3,(H,30,31)(H,32,33). The lowest BCUT2D eigenvalue weighted by Gasteiger charge is -2.29. The molecular weight excluding hydrogens is 412 g/mol. The van der Waals surface area contributed by atoms with Crippen LogP contribution in [-0.2, 0) is 27.8 Å². The van der Waals surface area contributed by atoms with Crippen LogP contribution in [0.15, 0.2) is 24.3 Å². The Bertz CT molecular complexity index is 1050. The van der Waals surface area contributed by atoms with E-state index in [0.29, 0.717) is 17.5 Å². The molecule has 2 aromatic carbocycles. The molecule has 0 fully saturated rings. The van der Waals surface area contributed by atoms with Gasteiger partial charge in [-0.15, -0.1) is 0 Å². The third-order valence-electron chi connectivity index (χ3n) is 7.14. The second-order valence-electron chi connectivity index (χ2n) is 10.0. The maximum absolute atomic E-state index is 13.0. The van der Waals surface area contributed by atoms with Crippen molar-refractivity contribution in [3.8, 4) is 11.1 Å². The number of aryl methyl sites for hydroxylation is 1. The monoisotopic (exact) mass is 450 g/mol. The van der Waals surface area contributed by atoms with Gasteiger partial charge in [-0.3, -0.25) is 9.59 Å². The molecule has 1 aliphatic carbocycles. The van der Waals surface area contributed by atoms with E-state index in [-0.39, 0.29) is 11.8 Å². The number of fused-ring (bicyclic) bond motifs is 3. The first kappa shape index (κ1) is 25.0. The fraction of sp³-hybridized carbons (Fsp3) is 0.517. The van der Waals surface area contributed by atoms with Gasteiger partial charge in [-0.2, -0.15) is 0 Å². The van der Waals surface area contributed by atoms with Gasteiger partial charge >= 0.3 is 11.9 Å². The molecule has 2 aromatic rings. The molecule has 0 amide bonds. The number of rotatable bonds is 10. The summed E-state index contributed by atoms with van der Waals surface area (Å²) in [6.45, 7) is 12.6. The Morgan fingerprint density at radius 2 is 1.45 bits per heavy atom. The predicted molar refractivity (Wildman–Crippen MR) is 133 cm³/mol. The molecule has 4 heteroatoms. The van der Waals surface area contributed by atoms with Crippen LogP contribution >= 0.6 is 0 Å². The lowest BCUT2D eigenvalue weighted by atomic mass is 9.72. The van der Waals surface area contributed by atoms with Gasteiger partial charge in [0.25, 0.3) is 0 Å². The summed E-state index contributed by atoms with van der Waals surface area (Å²) < 4.78 is 0. The number of carboxylic acid groups (broad SMARTS) is 2. The van der Waals surface area contributed by atoms with Crippen molar-refractivity contribution in [1.82, 2.24) is 0 Å². The average molecular weight is 451 g/mol. The van der Waals surface area contributed by atoms with Crippen molar-refractivity contribution < 1.29 is 19.8 Å². The van der Waals surface area contributed by atoms with E-state index < -0.39 is 17.4 Å². The highest BCUT2D eigenvalue weighted by molar-refractivity contribution is 6.15. The fourth-order valence-corrected chi connectivity index (χ4v) is 5.50. The molecule has 0 atom stereocenters. The van der Waals surface area contributed by atoms with Gasteiger partial charge in [0.15, 0.2) is 0 Å². The minimum absolute atomic E-state index is 0.171. The third-order valence-corrected chi connectivity index (χ3v) is 7.14. The van der Waals surface area contributed by atoms with Crippen LogP contribution in [0.1, 0.15) is 112 Å². The van der Waals surface area contributed by atoms with Gasteiger partial charge in [0, 0.05) is 0 Å². The van der Waals surface area contributed by atoms with Crippen molar-refractivity contribution >= 4 is 11.9 Å². The first-order valence-corrected chi connectivity index (χ1v) is 12.4. The number of hydrogen-bond donors (Lipinski definition) is 2. The van der Waals surface area contributed by atoms with Gasteiger partial charge in [-0.05, 0) is 82.0 Å². The summed E-state index contributed by atoms with van der Waals surface area (Å²) in [4.78, 5) is 25.9. The van der Waals surface area contributed by atoms with Crippen molar-refractivity contribution in [2.45, 2.75) is 97.3 Å². The lowest BCUT2D eigenvalue weighted by molar-refractivity contribution is -0.155. The molecule has 0 unspecified atom stereocenters. The van der Waals surface area contributed by atoms with Crippen LogP contribution in [0.25, 0.3) is 11.1 Å². The summed E-state index contributed by atoms with van der Waals surface area (Å²) in [7, 11) is 0. The topological polar surface area (TPSA) is 74.6 Å². The largest absolute Gasteiger partial charge is 0.480 e. The number of carboxylic acids is 2. The van der Waals surface area contributed by atoms with Crippen molar-refractivity contribution in [3.63, 3.8) is 0 Å². The Kier molecular flexibility index (Phi) is 7.36. The number of benzene rings is 2. The highest BCUT2D eigenvalue weighted by Gasteiger charge is 2.57. The number of aliphatic carboxylic acids is 2. The molecule has 0 heterocycles. The fourth-order valence-electron chi connectivity index (χ4n) is 5.50. The van der Waals surface area contributed by atoms with E-state index in [1.807, 2.05) is 32.0 Å². The summed E-state index contributed by atoms with van der Waals surface area (Å²) in [5.41, 5.74) is 4.67. The first-order chi connectivity index (χ1) is 15.6. The van der Waals surface area contributed by atoms with Crippen LogP contribution in [0.5, 0.6) is 0 Å². The van der Waals surface area contributed by atoms with Gasteiger partial charge < -0.3 is 10.2 Å². The molecule has 33 heavy (non-hydrogen) atoms. The molecule has 0 saturated heterocycles. The van der Waals surface area contributed by atoms with E-state index in [0.717, 1.165) is 59.9 Å². The van der Waals surface area contributed by atoms with Gasteiger partial charge in [-0.25, -0.2) is 0 Å². The van der Waals surface area contributed by atoms with E-state index >= 15 is 0 Å². The van der Waals surface area contributed by atoms with Gasteiger partial charge in [0.1, 0.15) is 0 Å². The molecule has 0 saturated carbocycles. The third kappa shape index (κ3) is 3.98. The van der Waals surface area contributed by atoms with Crippen molar-refractivity contribution in [1.29, 1.82) is 0 Å². The van der Waals surface area contributed by atoms with Crippen LogP contribution < -0.4 is 0 Å². The van der Waals surface area contributed by atoms with Crippen molar-refractivity contribution in [2.24, 2.45) is 0 Å². The second kappa shape index (κ2) is 9.70. The van der Waals surface area contributed by atoms with E-state index in [4.69, 9.17) is 0 Å². The number of unbranched alkanes of at least 4 members (excludes halogenated alkanes) is 2. The van der Waals surface area contributed by atoms with Gasteiger partial charge in [0.05, 0.1) is 0 Å².